The lowest BCUT2D eigenvalue weighted by Crippen LogP contribution is -2.09. The summed E-state index contributed by atoms with van der Waals surface area (Å²) in [7, 11) is 0. The van der Waals surface area contributed by atoms with E-state index in [1.807, 2.05) is 0 Å². The molecule has 0 fully saturated rings. The minimum Gasteiger partial charge on any atom is -0.288 e. The molecule has 0 saturated heterocycles. The van der Waals surface area contributed by atoms with Crippen LogP contribution in [-0.4, -0.2) is 20.5 Å². The van der Waals surface area contributed by atoms with E-state index in [0.29, 0.717) is 22.1 Å². The number of ketones is 1. The lowest BCUT2D eigenvalue weighted by atomic mass is 10.0. The standard InChI is InChI=1S/C16H11ClFN3O/c1-10-20-19-9-21(10)15-7-6-11(18)8-13(15)16(22)12-4-2-3-5-14(12)17/h2-9H,1H3. The highest BCUT2D eigenvalue weighted by atomic mass is 35.5. The largest absolute Gasteiger partial charge is 0.288 e. The van der Waals surface area contributed by atoms with Gasteiger partial charge in [0.2, 0.25) is 0 Å². The molecule has 6 heteroatoms. The van der Waals surface area contributed by atoms with Gasteiger partial charge in [0, 0.05) is 11.1 Å². The van der Waals surface area contributed by atoms with Gasteiger partial charge in [0.05, 0.1) is 10.7 Å². The van der Waals surface area contributed by atoms with Gasteiger partial charge in [0.1, 0.15) is 18.0 Å². The fourth-order valence-corrected chi connectivity index (χ4v) is 2.44. The maximum Gasteiger partial charge on any atom is 0.196 e. The molecule has 0 N–H and O–H groups in total. The monoisotopic (exact) mass is 315 g/mol. The molecule has 22 heavy (non-hydrogen) atoms. The Hall–Kier alpha value is -2.53. The van der Waals surface area contributed by atoms with Crippen LogP contribution in [0.15, 0.2) is 48.8 Å². The Morgan fingerprint density at radius 3 is 2.64 bits per heavy atom. The number of aryl methyl sites for hydroxylation is 1. The second-order valence-corrected chi connectivity index (χ2v) is 5.13. The van der Waals surface area contributed by atoms with Crippen LogP contribution in [0.3, 0.4) is 0 Å². The van der Waals surface area contributed by atoms with Gasteiger partial charge in [-0.05, 0) is 37.3 Å². The van der Waals surface area contributed by atoms with Crippen molar-refractivity contribution >= 4 is 17.4 Å². The van der Waals surface area contributed by atoms with Crippen molar-refractivity contribution in [3.63, 3.8) is 0 Å². The molecular formula is C16H11ClFN3O. The number of aromatic nitrogens is 3. The average molecular weight is 316 g/mol. The highest BCUT2D eigenvalue weighted by Gasteiger charge is 2.19. The summed E-state index contributed by atoms with van der Waals surface area (Å²) in [6, 6.07) is 10.7. The number of nitrogens with zero attached hydrogens (tertiary/aromatic N) is 3. The van der Waals surface area contributed by atoms with Crippen molar-refractivity contribution in [2.45, 2.75) is 6.92 Å². The van der Waals surface area contributed by atoms with Crippen LogP contribution >= 0.6 is 11.6 Å². The van der Waals surface area contributed by atoms with Crippen LogP contribution in [0, 0.1) is 12.7 Å². The van der Waals surface area contributed by atoms with E-state index in [-0.39, 0.29) is 11.3 Å². The second-order valence-electron chi connectivity index (χ2n) is 4.72. The lowest BCUT2D eigenvalue weighted by Gasteiger charge is -2.11. The van der Waals surface area contributed by atoms with Gasteiger partial charge in [0.25, 0.3) is 0 Å². The molecule has 0 atom stereocenters. The van der Waals surface area contributed by atoms with E-state index in [4.69, 9.17) is 11.6 Å². The fourth-order valence-electron chi connectivity index (χ4n) is 2.22. The Morgan fingerprint density at radius 1 is 1.18 bits per heavy atom. The molecule has 0 radical (unpaired) electrons. The van der Waals surface area contributed by atoms with Crippen LogP contribution in [0.4, 0.5) is 4.39 Å². The molecule has 0 bridgehead atoms. The Bertz CT molecular complexity index is 860. The molecule has 0 amide bonds. The van der Waals surface area contributed by atoms with E-state index >= 15 is 0 Å². The summed E-state index contributed by atoms with van der Waals surface area (Å²) in [4.78, 5) is 12.7. The minimum absolute atomic E-state index is 0.205. The molecule has 0 unspecified atom stereocenters. The third-order valence-electron chi connectivity index (χ3n) is 3.30. The zero-order chi connectivity index (χ0) is 15.7. The third-order valence-corrected chi connectivity index (χ3v) is 3.63. The lowest BCUT2D eigenvalue weighted by molar-refractivity contribution is 0.103. The Labute approximate surface area is 131 Å². The van der Waals surface area contributed by atoms with Crippen LogP contribution in [-0.2, 0) is 0 Å². The van der Waals surface area contributed by atoms with E-state index in [2.05, 4.69) is 10.2 Å². The summed E-state index contributed by atoms with van der Waals surface area (Å²) >= 11 is 6.07. The van der Waals surface area contributed by atoms with Gasteiger partial charge in [-0.15, -0.1) is 10.2 Å². The van der Waals surface area contributed by atoms with Crippen LogP contribution < -0.4 is 0 Å². The van der Waals surface area contributed by atoms with E-state index in [9.17, 15) is 9.18 Å². The molecule has 0 spiro atoms. The van der Waals surface area contributed by atoms with Gasteiger partial charge in [-0.3, -0.25) is 9.36 Å². The van der Waals surface area contributed by atoms with Crippen molar-refractivity contribution in [1.29, 1.82) is 0 Å². The maximum atomic E-state index is 13.6. The topological polar surface area (TPSA) is 47.8 Å². The summed E-state index contributed by atoms with van der Waals surface area (Å²) in [6.45, 7) is 1.75. The van der Waals surface area contributed by atoms with Gasteiger partial charge in [0.15, 0.2) is 5.78 Å². The summed E-state index contributed by atoms with van der Waals surface area (Å²) in [5, 5.41) is 8.00. The van der Waals surface area contributed by atoms with Gasteiger partial charge in [-0.2, -0.15) is 0 Å². The van der Waals surface area contributed by atoms with Crippen LogP contribution in [0.2, 0.25) is 5.02 Å². The van der Waals surface area contributed by atoms with Crippen molar-refractivity contribution in [3.05, 3.63) is 76.6 Å². The summed E-state index contributed by atoms with van der Waals surface area (Å²) < 4.78 is 15.3. The first-order valence-corrected chi connectivity index (χ1v) is 6.91. The molecule has 3 aromatic rings. The Morgan fingerprint density at radius 2 is 1.95 bits per heavy atom. The third kappa shape index (κ3) is 2.51. The quantitative estimate of drug-likeness (QED) is 0.694. The van der Waals surface area contributed by atoms with Crippen LogP contribution in [0.25, 0.3) is 5.69 Å². The number of carbonyl (C=O) groups is 1. The summed E-state index contributed by atoms with van der Waals surface area (Å²) in [6.07, 6.45) is 1.48. The normalized spacial score (nSPS) is 10.7. The van der Waals surface area contributed by atoms with E-state index in [1.54, 1.807) is 35.8 Å². The number of benzene rings is 2. The minimum atomic E-state index is -0.495. The maximum absolute atomic E-state index is 13.6. The number of hydrogen-bond acceptors (Lipinski definition) is 3. The van der Waals surface area contributed by atoms with Gasteiger partial charge in [-0.25, -0.2) is 4.39 Å². The van der Waals surface area contributed by atoms with Crippen LogP contribution in [0.1, 0.15) is 21.7 Å². The van der Waals surface area contributed by atoms with Gasteiger partial charge < -0.3 is 0 Å². The van der Waals surface area contributed by atoms with Crippen LogP contribution in [0.5, 0.6) is 0 Å². The SMILES string of the molecule is Cc1nncn1-c1ccc(F)cc1C(=O)c1ccccc1Cl. The second kappa shape index (κ2) is 5.69. The molecule has 0 aliphatic carbocycles. The van der Waals surface area contributed by atoms with Crippen molar-refractivity contribution in [2.24, 2.45) is 0 Å². The first-order chi connectivity index (χ1) is 10.6. The predicted molar refractivity (Wildman–Crippen MR) is 80.9 cm³/mol. The first kappa shape index (κ1) is 14.4. The van der Waals surface area contributed by atoms with E-state index in [0.717, 1.165) is 0 Å². The van der Waals surface area contributed by atoms with E-state index in [1.165, 1.54) is 24.5 Å². The molecular weight excluding hydrogens is 305 g/mol. The zero-order valence-electron chi connectivity index (χ0n) is 11.6. The zero-order valence-corrected chi connectivity index (χ0v) is 12.4. The summed E-state index contributed by atoms with van der Waals surface area (Å²) in [5.74, 6) is -0.252. The average Bonchev–Trinajstić information content (AvgIpc) is 2.93. The molecule has 0 aliphatic rings. The van der Waals surface area contributed by atoms with Crippen molar-refractivity contribution in [2.75, 3.05) is 0 Å². The molecule has 1 heterocycles. The van der Waals surface area contributed by atoms with Crippen molar-refractivity contribution in [1.82, 2.24) is 14.8 Å². The Balaban J connectivity index is 2.19. The summed E-state index contributed by atoms with van der Waals surface area (Å²) in [5.41, 5.74) is 1.03. The molecule has 4 nitrogen and oxygen atoms in total. The molecule has 2 aromatic carbocycles. The predicted octanol–water partition coefficient (Wildman–Crippen LogP) is 3.60. The fraction of sp³-hybridized carbons (Fsp3) is 0.0625. The molecule has 0 aliphatic heterocycles. The molecule has 0 saturated carbocycles. The number of rotatable bonds is 3. The van der Waals surface area contributed by atoms with E-state index < -0.39 is 5.82 Å². The van der Waals surface area contributed by atoms with Crippen molar-refractivity contribution < 1.29 is 9.18 Å². The Kier molecular flexibility index (Phi) is 3.73. The number of halogens is 2. The molecule has 1 aromatic heterocycles. The van der Waals surface area contributed by atoms with Gasteiger partial charge in [-0.1, -0.05) is 23.7 Å². The first-order valence-electron chi connectivity index (χ1n) is 6.53. The smallest absolute Gasteiger partial charge is 0.196 e. The highest BCUT2D eigenvalue weighted by Crippen LogP contribution is 2.24. The van der Waals surface area contributed by atoms with Crippen molar-refractivity contribution in [3.8, 4) is 5.69 Å². The number of carbonyl (C=O) groups excluding carboxylic acids is 1. The molecule has 3 rings (SSSR count). The molecule has 110 valence electrons. The number of hydrogen-bond donors (Lipinski definition) is 0. The van der Waals surface area contributed by atoms with Gasteiger partial charge >= 0.3 is 0 Å². The highest BCUT2D eigenvalue weighted by molar-refractivity contribution is 6.35.